The molecule has 4 atom stereocenters. The van der Waals surface area contributed by atoms with Crippen LogP contribution in [-0.4, -0.2) is 30.1 Å². The molecule has 2 aliphatic heterocycles. The van der Waals surface area contributed by atoms with Gasteiger partial charge in [-0.05, 0) is 61.9 Å². The number of hydrogen-bond donors (Lipinski definition) is 0. The molecule has 2 heterocycles. The van der Waals surface area contributed by atoms with Gasteiger partial charge in [0.05, 0.1) is 6.10 Å². The zero-order valence-electron chi connectivity index (χ0n) is 15.7. The predicted octanol–water partition coefficient (Wildman–Crippen LogP) is 5.21. The fraction of sp³-hybridized carbons (Fsp3) is 0.417. The second-order valence-corrected chi connectivity index (χ2v) is 8.25. The Bertz CT molecular complexity index is 841. The molecule has 0 N–H and O–H groups in total. The van der Waals surface area contributed by atoms with Crippen LogP contribution in [0.4, 0.5) is 0 Å². The van der Waals surface area contributed by atoms with Crippen LogP contribution in [0.2, 0.25) is 0 Å². The lowest BCUT2D eigenvalue weighted by atomic mass is 9.94. The molecule has 1 aliphatic carbocycles. The summed E-state index contributed by atoms with van der Waals surface area (Å²) in [6.45, 7) is 2.17. The minimum Gasteiger partial charge on any atom is -0.365 e. The second kappa shape index (κ2) is 6.37. The first kappa shape index (κ1) is 16.3. The molecule has 2 bridgehead atoms. The highest BCUT2D eigenvalue weighted by Gasteiger charge is 2.40. The minimum absolute atomic E-state index is 0.0314. The predicted molar refractivity (Wildman–Crippen MR) is 107 cm³/mol. The maximum Gasteiger partial charge on any atom is 0.109 e. The van der Waals surface area contributed by atoms with Gasteiger partial charge in [-0.15, -0.1) is 0 Å². The van der Waals surface area contributed by atoms with Crippen molar-refractivity contribution >= 4 is 12.2 Å². The first-order chi connectivity index (χ1) is 12.7. The summed E-state index contributed by atoms with van der Waals surface area (Å²) in [7, 11) is 2.29. The average Bonchev–Trinajstić information content (AvgIpc) is 2.83. The van der Waals surface area contributed by atoms with Crippen LogP contribution in [0.3, 0.4) is 0 Å². The van der Waals surface area contributed by atoms with Crippen molar-refractivity contribution in [1.82, 2.24) is 4.90 Å². The summed E-state index contributed by atoms with van der Waals surface area (Å²) in [5.74, 6) is 0. The molecule has 0 amide bonds. The van der Waals surface area contributed by atoms with Crippen LogP contribution in [0.25, 0.3) is 12.2 Å². The summed E-state index contributed by atoms with van der Waals surface area (Å²) in [5, 5.41) is 0. The van der Waals surface area contributed by atoms with Gasteiger partial charge < -0.3 is 9.64 Å². The quantitative estimate of drug-likeness (QED) is 0.741. The molecule has 2 fully saturated rings. The molecular formula is C24H27NO. The molecule has 2 saturated heterocycles. The lowest BCUT2D eigenvalue weighted by Gasteiger charge is -2.38. The maximum absolute atomic E-state index is 6.88. The van der Waals surface area contributed by atoms with E-state index in [0.29, 0.717) is 18.2 Å². The van der Waals surface area contributed by atoms with Crippen molar-refractivity contribution in [1.29, 1.82) is 0 Å². The van der Waals surface area contributed by atoms with E-state index in [2.05, 4.69) is 73.5 Å². The number of fused-ring (bicyclic) bond motifs is 4. The molecule has 2 nitrogen and oxygen atoms in total. The third-order valence-electron chi connectivity index (χ3n) is 6.63. The summed E-state index contributed by atoms with van der Waals surface area (Å²) in [6.07, 6.45) is 9.87. The van der Waals surface area contributed by atoms with Crippen LogP contribution in [0, 0.1) is 6.92 Å². The van der Waals surface area contributed by atoms with E-state index in [-0.39, 0.29) is 6.10 Å². The highest BCUT2D eigenvalue weighted by molar-refractivity contribution is 5.76. The molecule has 3 aliphatic rings. The van der Waals surface area contributed by atoms with E-state index in [1.54, 1.807) is 0 Å². The number of rotatable bonds is 2. The molecule has 2 aromatic carbocycles. The van der Waals surface area contributed by atoms with Crippen molar-refractivity contribution in [3.8, 4) is 0 Å². The Morgan fingerprint density at radius 3 is 2.35 bits per heavy atom. The molecule has 2 aromatic rings. The molecule has 5 rings (SSSR count). The molecule has 0 aromatic heterocycles. The van der Waals surface area contributed by atoms with Crippen molar-refractivity contribution in [3.63, 3.8) is 0 Å². The molecule has 0 saturated carbocycles. The number of ether oxygens (including phenoxy) is 1. The van der Waals surface area contributed by atoms with Crippen LogP contribution in [0.15, 0.2) is 42.5 Å². The lowest BCUT2D eigenvalue weighted by Crippen LogP contribution is -2.43. The Hall–Kier alpha value is -1.90. The topological polar surface area (TPSA) is 12.5 Å². The van der Waals surface area contributed by atoms with E-state index in [4.69, 9.17) is 4.74 Å². The lowest BCUT2D eigenvalue weighted by molar-refractivity contribution is -0.0427. The molecule has 0 radical (unpaired) electrons. The third-order valence-corrected chi connectivity index (χ3v) is 6.63. The van der Waals surface area contributed by atoms with Gasteiger partial charge in [-0.3, -0.25) is 0 Å². The summed E-state index contributed by atoms with van der Waals surface area (Å²) >= 11 is 0. The van der Waals surface area contributed by atoms with E-state index >= 15 is 0 Å². The monoisotopic (exact) mass is 345 g/mol. The van der Waals surface area contributed by atoms with Gasteiger partial charge in [0.15, 0.2) is 0 Å². The van der Waals surface area contributed by atoms with Gasteiger partial charge >= 0.3 is 0 Å². The molecule has 2 heteroatoms. The average molecular weight is 345 g/mol. The van der Waals surface area contributed by atoms with Gasteiger partial charge in [-0.25, -0.2) is 0 Å². The summed E-state index contributed by atoms with van der Waals surface area (Å²) in [4.78, 5) is 2.58. The van der Waals surface area contributed by atoms with Gasteiger partial charge in [0.25, 0.3) is 0 Å². The molecule has 2 unspecified atom stereocenters. The van der Waals surface area contributed by atoms with Crippen molar-refractivity contribution < 1.29 is 4.74 Å². The highest BCUT2D eigenvalue weighted by atomic mass is 16.5. The van der Waals surface area contributed by atoms with E-state index in [1.165, 1.54) is 53.5 Å². The maximum atomic E-state index is 6.88. The smallest absolute Gasteiger partial charge is 0.109 e. The van der Waals surface area contributed by atoms with Crippen LogP contribution < -0.4 is 0 Å². The number of piperidine rings is 1. The Morgan fingerprint density at radius 2 is 1.58 bits per heavy atom. The van der Waals surface area contributed by atoms with Crippen LogP contribution in [0.1, 0.15) is 59.6 Å². The first-order valence-corrected chi connectivity index (χ1v) is 9.94. The Balaban J connectivity index is 1.53. The summed E-state index contributed by atoms with van der Waals surface area (Å²) < 4.78 is 6.88. The van der Waals surface area contributed by atoms with Gasteiger partial charge in [0, 0.05) is 12.1 Å². The normalized spacial score (nSPS) is 29.9. The molecule has 134 valence electrons. The van der Waals surface area contributed by atoms with E-state index in [0.717, 1.165) is 0 Å². The largest absolute Gasteiger partial charge is 0.365 e. The van der Waals surface area contributed by atoms with E-state index in [1.807, 2.05) is 0 Å². The minimum atomic E-state index is 0.0314. The highest BCUT2D eigenvalue weighted by Crippen LogP contribution is 2.41. The van der Waals surface area contributed by atoms with Crippen LogP contribution >= 0.6 is 0 Å². The number of nitrogens with zero attached hydrogens (tertiary/aromatic N) is 1. The second-order valence-electron chi connectivity index (χ2n) is 8.25. The molecule has 26 heavy (non-hydrogen) atoms. The van der Waals surface area contributed by atoms with Crippen molar-refractivity contribution in [2.75, 3.05) is 7.05 Å². The van der Waals surface area contributed by atoms with E-state index in [9.17, 15) is 0 Å². The van der Waals surface area contributed by atoms with Gasteiger partial charge in [-0.2, -0.15) is 0 Å². The molecule has 0 spiro atoms. The van der Waals surface area contributed by atoms with Gasteiger partial charge in [-0.1, -0.05) is 60.2 Å². The number of hydrogen-bond acceptors (Lipinski definition) is 2. The van der Waals surface area contributed by atoms with Gasteiger partial charge in [0.1, 0.15) is 6.10 Å². The SMILES string of the molecule is Cc1ccc2c(c1)C(OC1C[C@H]3CC[C@@H](C1)N3C)c1ccccc1C=C2. The first-order valence-electron chi connectivity index (χ1n) is 9.94. The summed E-state index contributed by atoms with van der Waals surface area (Å²) in [5.41, 5.74) is 6.49. The molecular weight excluding hydrogens is 318 g/mol. The summed E-state index contributed by atoms with van der Waals surface area (Å²) in [6, 6.07) is 16.9. The Labute approximate surface area is 156 Å². The third kappa shape index (κ3) is 2.72. The number of benzene rings is 2. The zero-order chi connectivity index (χ0) is 17.7. The fourth-order valence-corrected chi connectivity index (χ4v) is 5.13. The van der Waals surface area contributed by atoms with Gasteiger partial charge in [0.2, 0.25) is 0 Å². The van der Waals surface area contributed by atoms with Crippen molar-refractivity contribution in [2.45, 2.75) is 56.9 Å². The number of aryl methyl sites for hydroxylation is 1. The zero-order valence-corrected chi connectivity index (χ0v) is 15.7. The van der Waals surface area contributed by atoms with Crippen molar-refractivity contribution in [3.05, 3.63) is 70.3 Å². The van der Waals surface area contributed by atoms with E-state index < -0.39 is 0 Å². The fourth-order valence-electron chi connectivity index (χ4n) is 5.13. The Morgan fingerprint density at radius 1 is 0.885 bits per heavy atom. The van der Waals surface area contributed by atoms with Crippen LogP contribution in [0.5, 0.6) is 0 Å². The van der Waals surface area contributed by atoms with Crippen molar-refractivity contribution in [2.24, 2.45) is 0 Å². The standard InChI is InChI=1S/C24H27NO/c1-16-7-8-18-10-9-17-5-3-4-6-22(17)24(23(18)13-16)26-21-14-19-11-12-20(15-21)25(19)2/h3-10,13,19-21,24H,11-12,14-15H2,1-2H3/t19-,20+,21?,24?. The van der Waals surface area contributed by atoms with Crippen LogP contribution in [-0.2, 0) is 4.74 Å². The Kier molecular flexibility index (Phi) is 3.99.